The van der Waals surface area contributed by atoms with Gasteiger partial charge in [-0.1, -0.05) is 6.92 Å². The molecular weight excluding hydrogens is 304 g/mol. The molecule has 1 fully saturated rings. The Morgan fingerprint density at radius 3 is 2.27 bits per heavy atom. The Balaban J connectivity index is 2.17. The molecule has 1 aliphatic rings. The zero-order valence-corrected chi connectivity index (χ0v) is 13.9. The molecule has 0 saturated carbocycles. The van der Waals surface area contributed by atoms with Crippen molar-refractivity contribution in [2.75, 3.05) is 18.4 Å². The number of hydrogen-bond donors (Lipinski definition) is 1. The highest BCUT2D eigenvalue weighted by Crippen LogP contribution is 2.22. The summed E-state index contributed by atoms with van der Waals surface area (Å²) in [4.78, 5) is 11.6. The molecule has 2 atom stereocenters. The van der Waals surface area contributed by atoms with E-state index in [-0.39, 0.29) is 23.0 Å². The molecule has 0 radical (unpaired) electrons. The van der Waals surface area contributed by atoms with Crippen LogP contribution in [0, 0.1) is 0 Å². The van der Waals surface area contributed by atoms with Crippen molar-refractivity contribution in [2.45, 2.75) is 44.3 Å². The molecule has 1 amide bonds. The Kier molecular flexibility index (Phi) is 5.20. The monoisotopic (exact) mass is 326 g/mol. The summed E-state index contributed by atoms with van der Waals surface area (Å²) in [6, 6.07) is 6.25. The number of benzene rings is 1. The molecule has 0 aromatic heterocycles. The summed E-state index contributed by atoms with van der Waals surface area (Å²) in [6.07, 6.45) is 0.132. The van der Waals surface area contributed by atoms with Crippen LogP contribution in [-0.2, 0) is 19.6 Å². The molecule has 1 aromatic rings. The summed E-state index contributed by atoms with van der Waals surface area (Å²) in [5.41, 5.74) is 0.592. The van der Waals surface area contributed by atoms with E-state index in [1.54, 1.807) is 19.1 Å². The predicted molar refractivity (Wildman–Crippen MR) is 84.1 cm³/mol. The molecule has 2 rings (SSSR count). The summed E-state index contributed by atoms with van der Waals surface area (Å²) < 4.78 is 32.3. The average molecular weight is 326 g/mol. The smallest absolute Gasteiger partial charge is 0.243 e. The van der Waals surface area contributed by atoms with E-state index in [0.29, 0.717) is 25.2 Å². The van der Waals surface area contributed by atoms with Gasteiger partial charge in [0.25, 0.3) is 0 Å². The number of sulfonamides is 1. The first-order valence-corrected chi connectivity index (χ1v) is 8.82. The lowest BCUT2D eigenvalue weighted by Crippen LogP contribution is -2.48. The van der Waals surface area contributed by atoms with Crippen molar-refractivity contribution in [3.8, 4) is 0 Å². The number of ether oxygens (including phenoxy) is 1. The van der Waals surface area contributed by atoms with Gasteiger partial charge in [0, 0.05) is 25.2 Å². The van der Waals surface area contributed by atoms with Gasteiger partial charge in [-0.3, -0.25) is 4.79 Å². The molecule has 1 saturated heterocycles. The Morgan fingerprint density at radius 2 is 1.77 bits per heavy atom. The quantitative estimate of drug-likeness (QED) is 0.916. The number of morpholine rings is 1. The summed E-state index contributed by atoms with van der Waals surface area (Å²) in [7, 11) is -3.54. The molecule has 0 aliphatic carbocycles. The molecule has 1 aromatic carbocycles. The zero-order chi connectivity index (χ0) is 16.3. The van der Waals surface area contributed by atoms with E-state index in [1.165, 1.54) is 16.4 Å². The lowest BCUT2D eigenvalue weighted by molar-refractivity contribution is -0.115. The maximum Gasteiger partial charge on any atom is 0.243 e. The Morgan fingerprint density at radius 1 is 1.23 bits per heavy atom. The van der Waals surface area contributed by atoms with E-state index in [1.807, 2.05) is 13.8 Å². The van der Waals surface area contributed by atoms with Crippen LogP contribution in [0.1, 0.15) is 27.2 Å². The molecule has 6 nitrogen and oxygen atoms in total. The molecule has 2 unspecified atom stereocenters. The molecule has 1 aliphatic heterocycles. The molecule has 0 spiro atoms. The first-order valence-electron chi connectivity index (χ1n) is 7.38. The minimum absolute atomic E-state index is 0.105. The number of rotatable bonds is 4. The fourth-order valence-electron chi connectivity index (χ4n) is 2.44. The van der Waals surface area contributed by atoms with Gasteiger partial charge in [0.2, 0.25) is 15.9 Å². The van der Waals surface area contributed by atoms with E-state index in [2.05, 4.69) is 5.32 Å². The second-order valence-corrected chi connectivity index (χ2v) is 7.44. The third-order valence-electron chi connectivity index (χ3n) is 3.48. The Hall–Kier alpha value is -1.44. The summed E-state index contributed by atoms with van der Waals surface area (Å²) >= 11 is 0. The fraction of sp³-hybridized carbons (Fsp3) is 0.533. The standard InChI is InChI=1S/C15H22N2O4S/c1-4-15(18)16-13-5-7-14(8-6-13)22(19,20)17-9-11(2)21-12(3)10-17/h5-8,11-12H,4,9-10H2,1-3H3,(H,16,18). The van der Waals surface area contributed by atoms with Gasteiger partial charge < -0.3 is 10.1 Å². The number of nitrogens with one attached hydrogen (secondary N) is 1. The SMILES string of the molecule is CCC(=O)Nc1ccc(S(=O)(=O)N2CC(C)OC(C)C2)cc1. The van der Waals surface area contributed by atoms with Crippen molar-refractivity contribution in [3.05, 3.63) is 24.3 Å². The number of carbonyl (C=O) groups excluding carboxylic acids is 1. The van der Waals surface area contributed by atoms with Crippen LogP contribution < -0.4 is 5.32 Å². The van der Waals surface area contributed by atoms with Gasteiger partial charge in [-0.05, 0) is 38.1 Å². The zero-order valence-electron chi connectivity index (χ0n) is 13.1. The second kappa shape index (κ2) is 6.76. The van der Waals surface area contributed by atoms with Gasteiger partial charge >= 0.3 is 0 Å². The van der Waals surface area contributed by atoms with Crippen LogP contribution >= 0.6 is 0 Å². The lowest BCUT2D eigenvalue weighted by Gasteiger charge is -2.34. The first-order chi connectivity index (χ1) is 10.3. The van der Waals surface area contributed by atoms with Crippen LogP contribution in [0.2, 0.25) is 0 Å². The average Bonchev–Trinajstić information content (AvgIpc) is 2.46. The van der Waals surface area contributed by atoms with Crippen LogP contribution in [0.15, 0.2) is 29.2 Å². The van der Waals surface area contributed by atoms with Crippen molar-refractivity contribution in [1.29, 1.82) is 0 Å². The Labute approximate surface area is 131 Å². The van der Waals surface area contributed by atoms with E-state index in [9.17, 15) is 13.2 Å². The maximum atomic E-state index is 12.7. The molecule has 122 valence electrons. The van der Waals surface area contributed by atoms with Crippen LogP contribution in [-0.4, -0.2) is 43.9 Å². The van der Waals surface area contributed by atoms with Gasteiger partial charge in [-0.15, -0.1) is 0 Å². The van der Waals surface area contributed by atoms with Crippen molar-refractivity contribution >= 4 is 21.6 Å². The third-order valence-corrected chi connectivity index (χ3v) is 5.33. The molecular formula is C15H22N2O4S. The van der Waals surface area contributed by atoms with E-state index >= 15 is 0 Å². The molecule has 1 N–H and O–H groups in total. The van der Waals surface area contributed by atoms with Crippen LogP contribution in [0.3, 0.4) is 0 Å². The Bertz CT molecular complexity index is 617. The van der Waals surface area contributed by atoms with Gasteiger partial charge in [0.15, 0.2) is 0 Å². The number of hydrogen-bond acceptors (Lipinski definition) is 4. The van der Waals surface area contributed by atoms with Gasteiger partial charge in [-0.2, -0.15) is 4.31 Å². The highest BCUT2D eigenvalue weighted by Gasteiger charge is 2.32. The van der Waals surface area contributed by atoms with Crippen molar-refractivity contribution in [2.24, 2.45) is 0 Å². The number of anilines is 1. The fourth-order valence-corrected chi connectivity index (χ4v) is 4.03. The van der Waals surface area contributed by atoms with Crippen molar-refractivity contribution < 1.29 is 17.9 Å². The highest BCUT2D eigenvalue weighted by molar-refractivity contribution is 7.89. The largest absolute Gasteiger partial charge is 0.373 e. The second-order valence-electron chi connectivity index (χ2n) is 5.51. The third kappa shape index (κ3) is 3.85. The number of amides is 1. The molecule has 22 heavy (non-hydrogen) atoms. The number of carbonyl (C=O) groups is 1. The topological polar surface area (TPSA) is 75.7 Å². The van der Waals surface area contributed by atoms with E-state index < -0.39 is 10.0 Å². The normalized spacial score (nSPS) is 23.2. The summed E-state index contributed by atoms with van der Waals surface area (Å²) in [5.74, 6) is -0.105. The maximum absolute atomic E-state index is 12.7. The lowest BCUT2D eigenvalue weighted by atomic mass is 10.3. The highest BCUT2D eigenvalue weighted by atomic mass is 32.2. The molecule has 0 bridgehead atoms. The first kappa shape index (κ1) is 16.9. The van der Waals surface area contributed by atoms with Crippen molar-refractivity contribution in [3.63, 3.8) is 0 Å². The van der Waals surface area contributed by atoms with Gasteiger partial charge in [0.05, 0.1) is 17.1 Å². The predicted octanol–water partition coefficient (Wildman–Crippen LogP) is 1.83. The molecule has 7 heteroatoms. The van der Waals surface area contributed by atoms with Crippen molar-refractivity contribution in [1.82, 2.24) is 4.31 Å². The van der Waals surface area contributed by atoms with Crippen LogP contribution in [0.25, 0.3) is 0 Å². The van der Waals surface area contributed by atoms with Gasteiger partial charge in [-0.25, -0.2) is 8.42 Å². The summed E-state index contributed by atoms with van der Waals surface area (Å²) in [6.45, 7) is 6.18. The minimum atomic E-state index is -3.54. The van der Waals surface area contributed by atoms with Crippen LogP contribution in [0.5, 0.6) is 0 Å². The van der Waals surface area contributed by atoms with E-state index in [0.717, 1.165) is 0 Å². The molecule has 1 heterocycles. The minimum Gasteiger partial charge on any atom is -0.373 e. The summed E-state index contributed by atoms with van der Waals surface area (Å²) in [5, 5.41) is 2.70. The van der Waals surface area contributed by atoms with Crippen LogP contribution in [0.4, 0.5) is 5.69 Å². The van der Waals surface area contributed by atoms with Gasteiger partial charge in [0.1, 0.15) is 0 Å². The number of nitrogens with zero attached hydrogens (tertiary/aromatic N) is 1. The van der Waals surface area contributed by atoms with E-state index in [4.69, 9.17) is 4.74 Å².